The molecule has 30 heavy (non-hydrogen) atoms. The summed E-state index contributed by atoms with van der Waals surface area (Å²) in [4.78, 5) is 24.2. The number of nitrogens with one attached hydrogen (secondary N) is 1. The number of nitrogens with zero attached hydrogens (tertiary/aromatic N) is 1. The highest BCUT2D eigenvalue weighted by molar-refractivity contribution is 7.89. The van der Waals surface area contributed by atoms with Crippen molar-refractivity contribution in [1.29, 1.82) is 0 Å². The standard InChI is InChI=1S/C22H24N2O5S/c1-4-15-24(16-5-2)30(27,28)20-13-9-17(10-14-20)21(25)23-19-11-7-18(8-12-19)22(26)29-6-3/h4-5,7-14H,1-2,6,15-16H2,3H3,(H,23,25). The zero-order valence-electron chi connectivity index (χ0n) is 16.7. The highest BCUT2D eigenvalue weighted by atomic mass is 32.2. The Labute approximate surface area is 176 Å². The van der Waals surface area contributed by atoms with Gasteiger partial charge in [0.1, 0.15) is 0 Å². The molecule has 0 aromatic heterocycles. The zero-order valence-corrected chi connectivity index (χ0v) is 17.5. The summed E-state index contributed by atoms with van der Waals surface area (Å²) in [6.07, 6.45) is 2.99. The van der Waals surface area contributed by atoms with Gasteiger partial charge in [0.15, 0.2) is 0 Å². The summed E-state index contributed by atoms with van der Waals surface area (Å²) in [5, 5.41) is 2.70. The SMILES string of the molecule is C=CCN(CC=C)S(=O)(=O)c1ccc(C(=O)Nc2ccc(C(=O)OCC)cc2)cc1. The molecule has 0 unspecified atom stereocenters. The quantitative estimate of drug-likeness (QED) is 0.462. The summed E-state index contributed by atoms with van der Waals surface area (Å²) in [7, 11) is -3.73. The van der Waals surface area contributed by atoms with Gasteiger partial charge in [0.25, 0.3) is 5.91 Å². The zero-order chi connectivity index (χ0) is 22.1. The summed E-state index contributed by atoms with van der Waals surface area (Å²) in [5.74, 6) is -0.842. The minimum Gasteiger partial charge on any atom is -0.462 e. The Morgan fingerprint density at radius 1 is 0.967 bits per heavy atom. The second-order valence-electron chi connectivity index (χ2n) is 6.18. The number of rotatable bonds is 10. The lowest BCUT2D eigenvalue weighted by Gasteiger charge is -2.19. The van der Waals surface area contributed by atoms with Crippen molar-refractivity contribution < 1.29 is 22.7 Å². The Kier molecular flexibility index (Phi) is 8.08. The molecule has 8 heteroatoms. The molecule has 0 aliphatic heterocycles. The monoisotopic (exact) mass is 428 g/mol. The van der Waals surface area contributed by atoms with Gasteiger partial charge >= 0.3 is 5.97 Å². The van der Waals surface area contributed by atoms with E-state index in [1.54, 1.807) is 31.2 Å². The van der Waals surface area contributed by atoms with Crippen molar-refractivity contribution >= 4 is 27.6 Å². The molecule has 0 aliphatic rings. The number of ether oxygens (including phenoxy) is 1. The van der Waals surface area contributed by atoms with E-state index in [-0.39, 0.29) is 24.6 Å². The predicted molar refractivity (Wildman–Crippen MR) is 116 cm³/mol. The third kappa shape index (κ3) is 5.65. The van der Waals surface area contributed by atoms with Gasteiger partial charge in [-0.15, -0.1) is 13.2 Å². The van der Waals surface area contributed by atoms with Crippen LogP contribution >= 0.6 is 0 Å². The summed E-state index contributed by atoms with van der Waals surface area (Å²) in [5.41, 5.74) is 1.17. The van der Waals surface area contributed by atoms with Gasteiger partial charge in [0.05, 0.1) is 17.1 Å². The lowest BCUT2D eigenvalue weighted by molar-refractivity contribution is 0.0526. The van der Waals surface area contributed by atoms with Crippen LogP contribution in [0.2, 0.25) is 0 Å². The fraction of sp³-hybridized carbons (Fsp3) is 0.182. The molecule has 2 aromatic rings. The van der Waals surface area contributed by atoms with E-state index in [4.69, 9.17) is 4.74 Å². The minimum atomic E-state index is -3.73. The summed E-state index contributed by atoms with van der Waals surface area (Å²) in [6, 6.07) is 11.9. The number of hydrogen-bond acceptors (Lipinski definition) is 5. The van der Waals surface area contributed by atoms with Crippen LogP contribution in [0.25, 0.3) is 0 Å². The van der Waals surface area contributed by atoms with E-state index in [0.29, 0.717) is 16.8 Å². The number of esters is 1. The van der Waals surface area contributed by atoms with E-state index in [9.17, 15) is 18.0 Å². The topological polar surface area (TPSA) is 92.8 Å². The van der Waals surface area contributed by atoms with Crippen molar-refractivity contribution in [2.24, 2.45) is 0 Å². The van der Waals surface area contributed by atoms with E-state index < -0.39 is 21.9 Å². The van der Waals surface area contributed by atoms with Crippen molar-refractivity contribution in [1.82, 2.24) is 4.31 Å². The first-order valence-corrected chi connectivity index (χ1v) is 10.7. The van der Waals surface area contributed by atoms with Crippen molar-refractivity contribution in [2.75, 3.05) is 25.0 Å². The van der Waals surface area contributed by atoms with E-state index in [0.717, 1.165) is 0 Å². The van der Waals surface area contributed by atoms with Gasteiger partial charge in [0.2, 0.25) is 10.0 Å². The highest BCUT2D eigenvalue weighted by Gasteiger charge is 2.22. The van der Waals surface area contributed by atoms with Crippen LogP contribution in [0, 0.1) is 0 Å². The van der Waals surface area contributed by atoms with E-state index >= 15 is 0 Å². The van der Waals surface area contributed by atoms with Crippen LogP contribution in [0.15, 0.2) is 78.7 Å². The summed E-state index contributed by atoms with van der Waals surface area (Å²) < 4.78 is 31.6. The molecule has 158 valence electrons. The first-order chi connectivity index (χ1) is 14.3. The maximum atomic E-state index is 12.7. The minimum absolute atomic E-state index is 0.0709. The molecular weight excluding hydrogens is 404 g/mol. The lowest BCUT2D eigenvalue weighted by atomic mass is 10.2. The Morgan fingerprint density at radius 3 is 2.00 bits per heavy atom. The molecular formula is C22H24N2O5S. The second-order valence-corrected chi connectivity index (χ2v) is 8.11. The predicted octanol–water partition coefficient (Wildman–Crippen LogP) is 3.48. The second kappa shape index (κ2) is 10.5. The van der Waals surface area contributed by atoms with E-state index in [1.165, 1.54) is 40.7 Å². The number of carbonyl (C=O) groups is 2. The number of sulfonamides is 1. The first kappa shape index (κ1) is 23.1. The number of hydrogen-bond donors (Lipinski definition) is 1. The third-order valence-electron chi connectivity index (χ3n) is 4.07. The van der Waals surface area contributed by atoms with Gasteiger partial charge in [-0.1, -0.05) is 12.2 Å². The molecule has 0 saturated heterocycles. The van der Waals surface area contributed by atoms with Crippen LogP contribution in [0.1, 0.15) is 27.6 Å². The first-order valence-electron chi connectivity index (χ1n) is 9.24. The highest BCUT2D eigenvalue weighted by Crippen LogP contribution is 2.18. The van der Waals surface area contributed by atoms with E-state index in [2.05, 4.69) is 18.5 Å². The van der Waals surface area contributed by atoms with Gasteiger partial charge < -0.3 is 10.1 Å². The molecule has 0 spiro atoms. The van der Waals surface area contributed by atoms with Crippen molar-refractivity contribution in [3.63, 3.8) is 0 Å². The molecule has 2 aromatic carbocycles. The summed E-state index contributed by atoms with van der Waals surface area (Å²) >= 11 is 0. The maximum absolute atomic E-state index is 12.7. The molecule has 7 nitrogen and oxygen atoms in total. The van der Waals surface area contributed by atoms with Crippen molar-refractivity contribution in [3.05, 3.63) is 85.0 Å². The Bertz CT molecular complexity index is 1000. The molecule has 0 heterocycles. The maximum Gasteiger partial charge on any atom is 0.338 e. The van der Waals surface area contributed by atoms with Crippen LogP contribution in [-0.4, -0.2) is 44.3 Å². The number of amides is 1. The van der Waals surface area contributed by atoms with Gasteiger partial charge in [-0.25, -0.2) is 13.2 Å². The van der Waals surface area contributed by atoms with Crippen LogP contribution in [0.5, 0.6) is 0 Å². The fourth-order valence-corrected chi connectivity index (χ4v) is 3.97. The molecule has 0 aliphatic carbocycles. The van der Waals surface area contributed by atoms with Gasteiger partial charge in [-0.2, -0.15) is 4.31 Å². The van der Waals surface area contributed by atoms with Crippen LogP contribution in [0.3, 0.4) is 0 Å². The normalized spacial score (nSPS) is 11.0. The molecule has 0 radical (unpaired) electrons. The molecule has 2 rings (SSSR count). The molecule has 0 saturated carbocycles. The van der Waals surface area contributed by atoms with E-state index in [1.807, 2.05) is 0 Å². The smallest absolute Gasteiger partial charge is 0.338 e. The molecule has 1 amide bonds. The largest absolute Gasteiger partial charge is 0.462 e. The van der Waals surface area contributed by atoms with Crippen LogP contribution in [0.4, 0.5) is 5.69 Å². The van der Waals surface area contributed by atoms with Crippen LogP contribution < -0.4 is 5.32 Å². The Morgan fingerprint density at radius 2 is 1.50 bits per heavy atom. The fourth-order valence-electron chi connectivity index (χ4n) is 2.59. The molecule has 0 fully saturated rings. The Balaban J connectivity index is 2.12. The van der Waals surface area contributed by atoms with Crippen molar-refractivity contribution in [2.45, 2.75) is 11.8 Å². The van der Waals surface area contributed by atoms with Gasteiger partial charge in [-0.05, 0) is 55.5 Å². The van der Waals surface area contributed by atoms with Crippen LogP contribution in [-0.2, 0) is 14.8 Å². The average Bonchev–Trinajstić information content (AvgIpc) is 2.74. The molecule has 0 atom stereocenters. The molecule has 1 N–H and O–H groups in total. The van der Waals surface area contributed by atoms with Gasteiger partial charge in [0, 0.05) is 24.3 Å². The number of carbonyl (C=O) groups excluding carboxylic acids is 2. The number of benzene rings is 2. The van der Waals surface area contributed by atoms with Gasteiger partial charge in [-0.3, -0.25) is 4.79 Å². The lowest BCUT2D eigenvalue weighted by Crippen LogP contribution is -2.31. The number of anilines is 1. The summed E-state index contributed by atoms with van der Waals surface area (Å²) in [6.45, 7) is 9.45. The van der Waals surface area contributed by atoms with Crippen molar-refractivity contribution in [3.8, 4) is 0 Å². The average molecular weight is 429 g/mol. The Hall–Kier alpha value is -3.23. The third-order valence-corrected chi connectivity index (χ3v) is 5.92. The molecule has 0 bridgehead atoms.